The van der Waals surface area contributed by atoms with Crippen LogP contribution in [0.5, 0.6) is 11.5 Å². The lowest BCUT2D eigenvalue weighted by Gasteiger charge is -2.16. The van der Waals surface area contributed by atoms with Crippen molar-refractivity contribution in [1.82, 2.24) is 0 Å². The van der Waals surface area contributed by atoms with Crippen LogP contribution in [0.15, 0.2) is 54.6 Å². The molecule has 0 amide bonds. The molecule has 0 aromatic heterocycles. The number of phenolic OH excluding ortho intramolecular Hbond substituents is 1. The van der Waals surface area contributed by atoms with E-state index in [1.165, 1.54) is 12.1 Å². The lowest BCUT2D eigenvalue weighted by molar-refractivity contribution is 0.0510. The van der Waals surface area contributed by atoms with Crippen molar-refractivity contribution in [2.75, 3.05) is 5.23 Å². The Morgan fingerprint density at radius 3 is 2.12 bits per heavy atom. The molecule has 0 radical (unpaired) electrons. The monoisotopic (exact) mass is 217 g/mol. The van der Waals surface area contributed by atoms with Crippen LogP contribution in [0.3, 0.4) is 0 Å². The minimum atomic E-state index is 0.150. The van der Waals surface area contributed by atoms with Gasteiger partial charge in [-0.05, 0) is 36.4 Å². The molecule has 2 N–H and O–H groups in total. The van der Waals surface area contributed by atoms with Gasteiger partial charge in [0, 0.05) is 0 Å². The number of rotatable bonds is 3. The molecule has 0 saturated carbocycles. The average molecular weight is 217 g/mol. The van der Waals surface area contributed by atoms with Crippen LogP contribution in [0.4, 0.5) is 5.69 Å². The van der Waals surface area contributed by atoms with Gasteiger partial charge in [-0.1, -0.05) is 23.4 Å². The van der Waals surface area contributed by atoms with Gasteiger partial charge in [0.15, 0.2) is 5.75 Å². The SMILES string of the molecule is Oc1ccc(ON(O)c2ccccc2)cc1. The van der Waals surface area contributed by atoms with E-state index in [1.54, 1.807) is 36.4 Å². The zero-order valence-corrected chi connectivity index (χ0v) is 8.45. The predicted molar refractivity (Wildman–Crippen MR) is 59.4 cm³/mol. The molecule has 0 fully saturated rings. The van der Waals surface area contributed by atoms with E-state index in [0.717, 1.165) is 0 Å². The fourth-order valence-corrected chi connectivity index (χ4v) is 1.22. The topological polar surface area (TPSA) is 52.9 Å². The predicted octanol–water partition coefficient (Wildman–Crippen LogP) is 2.58. The highest BCUT2D eigenvalue weighted by Gasteiger charge is 2.04. The first-order valence-corrected chi connectivity index (χ1v) is 4.77. The van der Waals surface area contributed by atoms with Crippen molar-refractivity contribution in [3.63, 3.8) is 0 Å². The van der Waals surface area contributed by atoms with E-state index >= 15 is 0 Å². The maximum atomic E-state index is 9.59. The van der Waals surface area contributed by atoms with Crippen LogP contribution in [0.2, 0.25) is 0 Å². The molecule has 2 rings (SSSR count). The first-order chi connectivity index (χ1) is 7.75. The van der Waals surface area contributed by atoms with Gasteiger partial charge in [-0.25, -0.2) is 0 Å². The van der Waals surface area contributed by atoms with Crippen molar-refractivity contribution in [3.8, 4) is 11.5 Å². The second-order valence-corrected chi connectivity index (χ2v) is 3.19. The van der Waals surface area contributed by atoms with Gasteiger partial charge in [0.2, 0.25) is 0 Å². The molecule has 0 saturated heterocycles. The van der Waals surface area contributed by atoms with Gasteiger partial charge >= 0.3 is 0 Å². The van der Waals surface area contributed by atoms with E-state index in [1.807, 2.05) is 6.07 Å². The molecule has 0 unspecified atom stereocenters. The van der Waals surface area contributed by atoms with Crippen LogP contribution >= 0.6 is 0 Å². The normalized spacial score (nSPS) is 9.81. The Kier molecular flexibility index (Phi) is 2.93. The zero-order valence-electron chi connectivity index (χ0n) is 8.45. The average Bonchev–Trinajstić information content (AvgIpc) is 2.33. The third kappa shape index (κ3) is 2.43. The number of hydrogen-bond donors (Lipinski definition) is 2. The molecular weight excluding hydrogens is 206 g/mol. The van der Waals surface area contributed by atoms with Gasteiger partial charge in [-0.3, -0.25) is 5.21 Å². The lowest BCUT2D eigenvalue weighted by Crippen LogP contribution is -2.22. The number of anilines is 1. The number of para-hydroxylation sites is 1. The smallest absolute Gasteiger partial charge is 0.158 e. The number of benzene rings is 2. The summed E-state index contributed by atoms with van der Waals surface area (Å²) in [5.41, 5.74) is 0.524. The summed E-state index contributed by atoms with van der Waals surface area (Å²) in [6.07, 6.45) is 0. The van der Waals surface area contributed by atoms with Crippen LogP contribution in [0, 0.1) is 0 Å². The van der Waals surface area contributed by atoms with Gasteiger partial charge in [-0.2, -0.15) is 0 Å². The molecule has 0 bridgehead atoms. The van der Waals surface area contributed by atoms with Crippen LogP contribution in [0.1, 0.15) is 0 Å². The van der Waals surface area contributed by atoms with Crippen molar-refractivity contribution >= 4 is 5.69 Å². The van der Waals surface area contributed by atoms with Crippen molar-refractivity contribution in [3.05, 3.63) is 54.6 Å². The van der Waals surface area contributed by atoms with Gasteiger partial charge in [-0.15, -0.1) is 0 Å². The number of aromatic hydroxyl groups is 1. The van der Waals surface area contributed by atoms with Crippen molar-refractivity contribution in [1.29, 1.82) is 0 Å². The van der Waals surface area contributed by atoms with E-state index in [0.29, 0.717) is 16.7 Å². The second-order valence-electron chi connectivity index (χ2n) is 3.19. The first kappa shape index (κ1) is 10.3. The van der Waals surface area contributed by atoms with Crippen LogP contribution in [-0.2, 0) is 0 Å². The molecule has 2 aromatic carbocycles. The van der Waals surface area contributed by atoms with E-state index < -0.39 is 0 Å². The van der Waals surface area contributed by atoms with Gasteiger partial charge in [0.25, 0.3) is 0 Å². The Labute approximate surface area is 92.9 Å². The highest BCUT2D eigenvalue weighted by Crippen LogP contribution is 2.19. The lowest BCUT2D eigenvalue weighted by atomic mass is 10.3. The summed E-state index contributed by atoms with van der Waals surface area (Å²) in [4.78, 5) is 5.13. The first-order valence-electron chi connectivity index (χ1n) is 4.77. The summed E-state index contributed by atoms with van der Waals surface area (Å²) in [6, 6.07) is 14.9. The van der Waals surface area contributed by atoms with E-state index in [-0.39, 0.29) is 5.75 Å². The van der Waals surface area contributed by atoms with Gasteiger partial charge in [0.05, 0.1) is 0 Å². The standard InChI is InChI=1S/C12H11NO3/c14-11-6-8-12(9-7-11)16-13(15)10-4-2-1-3-5-10/h1-9,14-15H. The molecule has 82 valence electrons. The van der Waals surface area contributed by atoms with Crippen LogP contribution in [-0.4, -0.2) is 10.3 Å². The Bertz CT molecular complexity index is 442. The third-order valence-corrected chi connectivity index (χ3v) is 2.01. The maximum absolute atomic E-state index is 9.59. The summed E-state index contributed by atoms with van der Waals surface area (Å²) in [5, 5.41) is 19.3. The van der Waals surface area contributed by atoms with Crippen molar-refractivity contribution in [2.45, 2.75) is 0 Å². The molecule has 0 heterocycles. The molecule has 0 spiro atoms. The minimum Gasteiger partial charge on any atom is -0.508 e. The Hall–Kier alpha value is -2.20. The summed E-state index contributed by atoms with van der Waals surface area (Å²) >= 11 is 0. The molecule has 0 aliphatic carbocycles. The number of hydrogen-bond acceptors (Lipinski definition) is 4. The molecule has 4 nitrogen and oxygen atoms in total. The molecule has 16 heavy (non-hydrogen) atoms. The number of phenols is 1. The van der Waals surface area contributed by atoms with Gasteiger partial charge in [0.1, 0.15) is 11.4 Å². The Morgan fingerprint density at radius 1 is 0.875 bits per heavy atom. The highest BCUT2D eigenvalue weighted by molar-refractivity contribution is 5.42. The maximum Gasteiger partial charge on any atom is 0.158 e. The fraction of sp³-hybridized carbons (Fsp3) is 0. The number of nitrogens with zero attached hydrogens (tertiary/aromatic N) is 1. The summed E-state index contributed by atoms with van der Waals surface area (Å²) in [7, 11) is 0. The Morgan fingerprint density at radius 2 is 1.50 bits per heavy atom. The molecule has 0 atom stereocenters. The van der Waals surface area contributed by atoms with Crippen LogP contribution in [0.25, 0.3) is 0 Å². The second kappa shape index (κ2) is 4.55. The van der Waals surface area contributed by atoms with Crippen LogP contribution < -0.4 is 10.1 Å². The van der Waals surface area contributed by atoms with Crippen molar-refractivity contribution in [2.24, 2.45) is 0 Å². The molecule has 0 aliphatic heterocycles. The third-order valence-electron chi connectivity index (χ3n) is 2.01. The fourth-order valence-electron chi connectivity index (χ4n) is 1.22. The zero-order chi connectivity index (χ0) is 11.4. The van der Waals surface area contributed by atoms with E-state index in [9.17, 15) is 5.21 Å². The quantitative estimate of drug-likeness (QED) is 0.776. The molecule has 2 aromatic rings. The molecular formula is C12H11NO3. The summed E-state index contributed by atoms with van der Waals surface area (Å²) in [5.74, 6) is 0.584. The minimum absolute atomic E-state index is 0.150. The summed E-state index contributed by atoms with van der Waals surface area (Å²) < 4.78 is 0. The van der Waals surface area contributed by atoms with Gasteiger partial charge < -0.3 is 9.94 Å². The Balaban J connectivity index is 2.08. The highest BCUT2D eigenvalue weighted by atomic mass is 16.9. The van der Waals surface area contributed by atoms with Crippen molar-refractivity contribution < 1.29 is 15.2 Å². The summed E-state index contributed by atoms with van der Waals surface area (Å²) in [6.45, 7) is 0. The molecule has 4 heteroatoms. The molecule has 0 aliphatic rings. The van der Waals surface area contributed by atoms with E-state index in [2.05, 4.69) is 0 Å². The van der Waals surface area contributed by atoms with E-state index in [4.69, 9.17) is 9.94 Å². The largest absolute Gasteiger partial charge is 0.508 e.